The third kappa shape index (κ3) is 3.92. The van der Waals surface area contributed by atoms with E-state index < -0.39 is 0 Å². The van der Waals surface area contributed by atoms with Crippen LogP contribution in [0.15, 0.2) is 30.5 Å². The molecule has 0 N–H and O–H groups in total. The molecule has 1 aromatic carbocycles. The molecule has 100 valence electrons. The van der Waals surface area contributed by atoms with Gasteiger partial charge >= 0.3 is 0 Å². The Morgan fingerprint density at radius 3 is 2.68 bits per heavy atom. The van der Waals surface area contributed by atoms with Gasteiger partial charge in [0.05, 0.1) is 11.9 Å². The van der Waals surface area contributed by atoms with Gasteiger partial charge in [0.25, 0.3) is 0 Å². The molecule has 0 aliphatic carbocycles. The maximum atomic E-state index is 6.21. The molecule has 0 spiro atoms. The third-order valence-electron chi connectivity index (χ3n) is 2.98. The summed E-state index contributed by atoms with van der Waals surface area (Å²) in [5, 5.41) is 9.50. The number of aromatic nitrogens is 2. The van der Waals surface area contributed by atoms with Gasteiger partial charge in [0.15, 0.2) is 0 Å². The number of rotatable bonds is 5. The Bertz CT molecular complexity index is 556. The monoisotopic (exact) mass is 294 g/mol. The number of hydrogen-bond acceptors (Lipinski definition) is 2. The fraction of sp³-hybridized carbons (Fsp3) is 0.333. The number of benzene rings is 1. The Labute approximate surface area is 123 Å². The van der Waals surface area contributed by atoms with E-state index >= 15 is 0 Å². The molecule has 0 aliphatic rings. The highest BCUT2D eigenvalue weighted by atomic mass is 35.5. The van der Waals surface area contributed by atoms with Crippen LogP contribution in [0.2, 0.25) is 10.0 Å². The summed E-state index contributed by atoms with van der Waals surface area (Å²) in [6.07, 6.45) is 6.26. The number of halogens is 2. The van der Waals surface area contributed by atoms with Crippen LogP contribution >= 0.6 is 23.2 Å². The van der Waals surface area contributed by atoms with Crippen molar-refractivity contribution in [3.8, 4) is 11.1 Å². The highest BCUT2D eigenvalue weighted by Crippen LogP contribution is 2.30. The van der Waals surface area contributed by atoms with Crippen molar-refractivity contribution in [1.29, 1.82) is 0 Å². The van der Waals surface area contributed by atoms with E-state index in [1.807, 2.05) is 12.1 Å². The first-order valence-electron chi connectivity index (χ1n) is 6.47. The molecule has 0 fully saturated rings. The van der Waals surface area contributed by atoms with E-state index in [1.165, 1.54) is 12.8 Å². The van der Waals surface area contributed by atoms with Gasteiger partial charge in [0.1, 0.15) is 0 Å². The summed E-state index contributed by atoms with van der Waals surface area (Å²) in [6, 6.07) is 7.55. The average Bonchev–Trinajstić information content (AvgIpc) is 2.39. The van der Waals surface area contributed by atoms with Crippen LogP contribution in [0.5, 0.6) is 0 Å². The fourth-order valence-corrected chi connectivity index (χ4v) is 2.48. The van der Waals surface area contributed by atoms with Crippen LogP contribution in [0.25, 0.3) is 11.1 Å². The SMILES string of the molecule is CCCCCc1cc(-c2ccc(Cl)cc2Cl)cnn1. The zero-order valence-corrected chi connectivity index (χ0v) is 12.4. The van der Waals surface area contributed by atoms with Crippen LogP contribution in [0, 0.1) is 0 Å². The van der Waals surface area contributed by atoms with Crippen molar-refractivity contribution in [2.45, 2.75) is 32.6 Å². The summed E-state index contributed by atoms with van der Waals surface area (Å²) in [5.41, 5.74) is 2.94. The van der Waals surface area contributed by atoms with Crippen LogP contribution in [0.1, 0.15) is 31.9 Å². The van der Waals surface area contributed by atoms with E-state index in [0.717, 1.165) is 29.7 Å². The first kappa shape index (κ1) is 14.3. The van der Waals surface area contributed by atoms with E-state index in [9.17, 15) is 0 Å². The lowest BCUT2D eigenvalue weighted by Gasteiger charge is -2.06. The molecule has 0 radical (unpaired) electrons. The molecule has 0 saturated heterocycles. The second-order valence-corrected chi connectivity index (χ2v) is 5.36. The van der Waals surface area contributed by atoms with Crippen molar-refractivity contribution >= 4 is 23.2 Å². The molecule has 0 atom stereocenters. The highest BCUT2D eigenvalue weighted by molar-refractivity contribution is 6.36. The predicted molar refractivity (Wildman–Crippen MR) is 80.7 cm³/mol. The Morgan fingerprint density at radius 1 is 1.11 bits per heavy atom. The lowest BCUT2D eigenvalue weighted by Crippen LogP contribution is -1.94. The summed E-state index contributed by atoms with van der Waals surface area (Å²) in [4.78, 5) is 0. The lowest BCUT2D eigenvalue weighted by molar-refractivity contribution is 0.699. The lowest BCUT2D eigenvalue weighted by atomic mass is 10.1. The Balaban J connectivity index is 2.22. The van der Waals surface area contributed by atoms with Gasteiger partial charge in [-0.05, 0) is 31.0 Å². The summed E-state index contributed by atoms with van der Waals surface area (Å²) < 4.78 is 0. The van der Waals surface area contributed by atoms with Crippen molar-refractivity contribution in [3.05, 3.63) is 46.2 Å². The zero-order chi connectivity index (χ0) is 13.7. The molecule has 2 nitrogen and oxygen atoms in total. The molecule has 19 heavy (non-hydrogen) atoms. The summed E-state index contributed by atoms with van der Waals surface area (Å²) in [5.74, 6) is 0. The number of hydrogen-bond donors (Lipinski definition) is 0. The first-order chi connectivity index (χ1) is 9.20. The molecule has 0 saturated carbocycles. The summed E-state index contributed by atoms with van der Waals surface area (Å²) in [6.45, 7) is 2.19. The molecule has 4 heteroatoms. The highest BCUT2D eigenvalue weighted by Gasteiger charge is 2.06. The van der Waals surface area contributed by atoms with Gasteiger partial charge < -0.3 is 0 Å². The second-order valence-electron chi connectivity index (χ2n) is 4.52. The van der Waals surface area contributed by atoms with Crippen molar-refractivity contribution in [3.63, 3.8) is 0 Å². The largest absolute Gasteiger partial charge is 0.158 e. The van der Waals surface area contributed by atoms with Crippen LogP contribution in [0.4, 0.5) is 0 Å². The normalized spacial score (nSPS) is 10.7. The molecule has 1 aromatic heterocycles. The van der Waals surface area contributed by atoms with Gasteiger partial charge in [-0.3, -0.25) is 0 Å². The van der Waals surface area contributed by atoms with Gasteiger partial charge in [-0.2, -0.15) is 10.2 Å². The number of unbranched alkanes of at least 4 members (excludes halogenated alkanes) is 2. The molecule has 1 heterocycles. The minimum atomic E-state index is 0.638. The first-order valence-corrected chi connectivity index (χ1v) is 7.23. The topological polar surface area (TPSA) is 25.8 Å². The van der Waals surface area contributed by atoms with Crippen LogP contribution < -0.4 is 0 Å². The van der Waals surface area contributed by atoms with E-state index in [0.29, 0.717) is 10.0 Å². The summed E-state index contributed by atoms with van der Waals surface area (Å²) >= 11 is 12.1. The number of nitrogens with zero attached hydrogens (tertiary/aromatic N) is 2. The van der Waals surface area contributed by atoms with Crippen molar-refractivity contribution < 1.29 is 0 Å². The minimum Gasteiger partial charge on any atom is -0.158 e. The van der Waals surface area contributed by atoms with E-state index in [1.54, 1.807) is 12.3 Å². The van der Waals surface area contributed by atoms with Gasteiger partial charge in [-0.15, -0.1) is 0 Å². The number of aryl methyl sites for hydroxylation is 1. The smallest absolute Gasteiger partial charge is 0.0637 e. The van der Waals surface area contributed by atoms with Gasteiger partial charge in [0.2, 0.25) is 0 Å². The molecule has 2 aromatic rings. The predicted octanol–water partition coefficient (Wildman–Crippen LogP) is 5.18. The second kappa shape index (κ2) is 6.88. The molecule has 0 bridgehead atoms. The Morgan fingerprint density at radius 2 is 1.95 bits per heavy atom. The molecule has 0 unspecified atom stereocenters. The van der Waals surface area contributed by atoms with Crippen molar-refractivity contribution in [1.82, 2.24) is 10.2 Å². The Kier molecular flexibility index (Phi) is 5.17. The van der Waals surface area contributed by atoms with Crippen LogP contribution in [-0.2, 0) is 6.42 Å². The van der Waals surface area contributed by atoms with Crippen LogP contribution in [-0.4, -0.2) is 10.2 Å². The van der Waals surface area contributed by atoms with E-state index in [-0.39, 0.29) is 0 Å². The maximum Gasteiger partial charge on any atom is 0.0637 e. The van der Waals surface area contributed by atoms with Crippen LogP contribution in [0.3, 0.4) is 0 Å². The average molecular weight is 295 g/mol. The third-order valence-corrected chi connectivity index (χ3v) is 3.53. The van der Waals surface area contributed by atoms with Crippen molar-refractivity contribution in [2.24, 2.45) is 0 Å². The molecule has 0 aliphatic heterocycles. The Hall–Kier alpha value is -1.12. The molecule has 2 rings (SSSR count). The van der Waals surface area contributed by atoms with E-state index in [2.05, 4.69) is 23.2 Å². The zero-order valence-electron chi connectivity index (χ0n) is 10.9. The molecular formula is C15H16Cl2N2. The quantitative estimate of drug-likeness (QED) is 0.710. The van der Waals surface area contributed by atoms with E-state index in [4.69, 9.17) is 23.2 Å². The summed E-state index contributed by atoms with van der Waals surface area (Å²) in [7, 11) is 0. The maximum absolute atomic E-state index is 6.21. The minimum absolute atomic E-state index is 0.638. The van der Waals surface area contributed by atoms with Gasteiger partial charge in [-0.25, -0.2) is 0 Å². The fourth-order valence-electron chi connectivity index (χ4n) is 1.96. The van der Waals surface area contributed by atoms with Crippen molar-refractivity contribution in [2.75, 3.05) is 0 Å². The molecule has 0 amide bonds. The van der Waals surface area contributed by atoms with Gasteiger partial charge in [-0.1, -0.05) is 49.0 Å². The molecular weight excluding hydrogens is 279 g/mol. The van der Waals surface area contributed by atoms with Gasteiger partial charge in [0, 0.05) is 21.2 Å². The standard InChI is InChI=1S/C15H16Cl2N2/c1-2-3-4-5-13-8-11(10-18-19-13)14-7-6-12(16)9-15(14)17/h6-10H,2-5H2,1H3.